The van der Waals surface area contributed by atoms with Gasteiger partial charge in [0.1, 0.15) is 5.82 Å². The second kappa shape index (κ2) is 5.98. The fourth-order valence-corrected chi connectivity index (χ4v) is 1.94. The van der Waals surface area contributed by atoms with E-state index < -0.39 is 0 Å². The van der Waals surface area contributed by atoms with Crippen molar-refractivity contribution in [3.8, 4) is 0 Å². The van der Waals surface area contributed by atoms with Crippen LogP contribution >= 0.6 is 15.9 Å². The summed E-state index contributed by atoms with van der Waals surface area (Å²) in [6.45, 7) is 0.527. The van der Waals surface area contributed by atoms with Gasteiger partial charge in [-0.15, -0.1) is 0 Å². The van der Waals surface area contributed by atoms with Gasteiger partial charge >= 0.3 is 0 Å². The van der Waals surface area contributed by atoms with E-state index in [-0.39, 0.29) is 5.82 Å². The van der Waals surface area contributed by atoms with Crippen LogP contribution in [0.15, 0.2) is 46.9 Å². The number of benzene rings is 2. The summed E-state index contributed by atoms with van der Waals surface area (Å²) in [5, 5.41) is 3.04. The quantitative estimate of drug-likeness (QED) is 0.901. The van der Waals surface area contributed by atoms with Crippen molar-refractivity contribution in [2.45, 2.75) is 6.42 Å². The van der Waals surface area contributed by atoms with Crippen molar-refractivity contribution in [2.24, 2.45) is 5.73 Å². The first-order valence-electron chi connectivity index (χ1n) is 5.70. The van der Waals surface area contributed by atoms with E-state index in [0.29, 0.717) is 18.7 Å². The van der Waals surface area contributed by atoms with Crippen LogP contribution in [0.5, 0.6) is 0 Å². The molecule has 0 radical (unpaired) electrons. The van der Waals surface area contributed by atoms with Crippen LogP contribution in [0.2, 0.25) is 0 Å². The molecule has 2 aromatic rings. The number of anilines is 2. The predicted molar refractivity (Wildman–Crippen MR) is 76.6 cm³/mol. The highest BCUT2D eigenvalue weighted by Crippen LogP contribution is 2.22. The number of nitrogens with two attached hydrogens (primary N) is 1. The van der Waals surface area contributed by atoms with Crippen molar-refractivity contribution >= 4 is 27.3 Å². The normalized spacial score (nSPS) is 10.4. The first kappa shape index (κ1) is 13.1. The predicted octanol–water partition coefficient (Wildman–Crippen LogP) is 3.83. The molecule has 0 unspecified atom stereocenters. The second-order valence-corrected chi connectivity index (χ2v) is 4.90. The third-order valence-electron chi connectivity index (χ3n) is 2.59. The summed E-state index contributed by atoms with van der Waals surface area (Å²) in [5.41, 5.74) is 7.68. The van der Waals surface area contributed by atoms with Crippen molar-refractivity contribution in [3.05, 3.63) is 58.3 Å². The van der Waals surface area contributed by atoms with E-state index in [9.17, 15) is 4.39 Å². The molecule has 0 atom stereocenters. The summed E-state index contributed by atoms with van der Waals surface area (Å²) < 4.78 is 14.8. The molecule has 18 heavy (non-hydrogen) atoms. The molecule has 2 rings (SSSR count). The molecule has 0 aliphatic carbocycles. The van der Waals surface area contributed by atoms with Crippen LogP contribution in [-0.2, 0) is 6.42 Å². The first-order valence-corrected chi connectivity index (χ1v) is 6.49. The van der Waals surface area contributed by atoms with Crippen molar-refractivity contribution < 1.29 is 4.39 Å². The van der Waals surface area contributed by atoms with Gasteiger partial charge in [0.15, 0.2) is 0 Å². The van der Waals surface area contributed by atoms with E-state index in [4.69, 9.17) is 5.73 Å². The number of halogens is 2. The molecule has 0 amide bonds. The summed E-state index contributed by atoms with van der Waals surface area (Å²) in [7, 11) is 0. The van der Waals surface area contributed by atoms with Crippen LogP contribution in [0.1, 0.15) is 5.56 Å². The highest BCUT2D eigenvalue weighted by atomic mass is 79.9. The zero-order valence-corrected chi connectivity index (χ0v) is 11.4. The molecule has 0 aromatic heterocycles. The summed E-state index contributed by atoms with van der Waals surface area (Å²) in [6, 6.07) is 12.7. The lowest BCUT2D eigenvalue weighted by Gasteiger charge is -2.09. The van der Waals surface area contributed by atoms with E-state index in [1.807, 2.05) is 30.3 Å². The van der Waals surface area contributed by atoms with Gasteiger partial charge in [-0.1, -0.05) is 22.0 Å². The minimum atomic E-state index is -0.260. The van der Waals surface area contributed by atoms with Crippen LogP contribution in [-0.4, -0.2) is 6.54 Å². The molecule has 4 heteroatoms. The van der Waals surface area contributed by atoms with E-state index in [1.54, 1.807) is 6.07 Å². The topological polar surface area (TPSA) is 38.0 Å². The zero-order valence-electron chi connectivity index (χ0n) is 9.79. The van der Waals surface area contributed by atoms with E-state index in [2.05, 4.69) is 21.2 Å². The van der Waals surface area contributed by atoms with Crippen LogP contribution in [0.4, 0.5) is 15.8 Å². The Kier molecular flexibility index (Phi) is 4.33. The van der Waals surface area contributed by atoms with Crippen molar-refractivity contribution in [1.29, 1.82) is 0 Å². The SMILES string of the molecule is NCCc1ccc(Nc2ccc(Br)cc2)c(F)c1. The smallest absolute Gasteiger partial charge is 0.146 e. The van der Waals surface area contributed by atoms with Gasteiger partial charge in [-0.25, -0.2) is 4.39 Å². The van der Waals surface area contributed by atoms with Gasteiger partial charge in [0.05, 0.1) is 5.69 Å². The van der Waals surface area contributed by atoms with Gasteiger partial charge < -0.3 is 11.1 Å². The summed E-state index contributed by atoms with van der Waals surface area (Å²) in [4.78, 5) is 0. The minimum Gasteiger partial charge on any atom is -0.353 e. The van der Waals surface area contributed by atoms with Crippen LogP contribution in [0, 0.1) is 5.82 Å². The lowest BCUT2D eigenvalue weighted by atomic mass is 10.1. The second-order valence-electron chi connectivity index (χ2n) is 3.98. The minimum absolute atomic E-state index is 0.260. The Morgan fingerprint density at radius 2 is 1.83 bits per heavy atom. The molecule has 0 aliphatic rings. The summed E-state index contributed by atoms with van der Waals surface area (Å²) >= 11 is 3.36. The Balaban J connectivity index is 2.16. The first-order chi connectivity index (χ1) is 8.69. The fourth-order valence-electron chi connectivity index (χ4n) is 1.67. The highest BCUT2D eigenvalue weighted by Gasteiger charge is 2.03. The van der Waals surface area contributed by atoms with Crippen molar-refractivity contribution in [1.82, 2.24) is 0 Å². The molecule has 2 nitrogen and oxygen atoms in total. The van der Waals surface area contributed by atoms with E-state index in [1.165, 1.54) is 6.07 Å². The number of rotatable bonds is 4. The molecule has 0 bridgehead atoms. The molecule has 2 aromatic carbocycles. The van der Waals surface area contributed by atoms with E-state index in [0.717, 1.165) is 15.7 Å². The molecule has 0 aliphatic heterocycles. The maximum absolute atomic E-state index is 13.8. The van der Waals surface area contributed by atoms with Gasteiger partial charge in [-0.3, -0.25) is 0 Å². The number of hydrogen-bond acceptors (Lipinski definition) is 2. The Hall–Kier alpha value is -1.39. The Bertz CT molecular complexity index is 526. The maximum atomic E-state index is 13.8. The Morgan fingerprint density at radius 3 is 2.44 bits per heavy atom. The monoisotopic (exact) mass is 308 g/mol. The highest BCUT2D eigenvalue weighted by molar-refractivity contribution is 9.10. The third kappa shape index (κ3) is 3.31. The lowest BCUT2D eigenvalue weighted by molar-refractivity contribution is 0.629. The standard InChI is InChI=1S/C14H14BrFN2/c15-11-2-4-12(5-3-11)18-14-6-1-10(7-8-17)9-13(14)16/h1-6,9,18H,7-8,17H2. The molecule has 94 valence electrons. The van der Waals surface area contributed by atoms with Gasteiger partial charge in [0.25, 0.3) is 0 Å². The molecule has 0 fully saturated rings. The van der Waals surface area contributed by atoms with Gasteiger partial charge in [-0.05, 0) is 54.9 Å². The molecule has 0 saturated heterocycles. The zero-order chi connectivity index (χ0) is 13.0. The van der Waals surface area contributed by atoms with Crippen LogP contribution in [0.3, 0.4) is 0 Å². The Morgan fingerprint density at radius 1 is 1.11 bits per heavy atom. The third-order valence-corrected chi connectivity index (χ3v) is 3.12. The summed E-state index contributed by atoms with van der Waals surface area (Å²) in [6.07, 6.45) is 0.690. The molecule has 0 heterocycles. The number of nitrogens with one attached hydrogen (secondary N) is 1. The molecule has 0 saturated carbocycles. The van der Waals surface area contributed by atoms with Gasteiger partial charge in [-0.2, -0.15) is 0 Å². The maximum Gasteiger partial charge on any atom is 0.146 e. The van der Waals surface area contributed by atoms with Crippen LogP contribution < -0.4 is 11.1 Å². The lowest BCUT2D eigenvalue weighted by Crippen LogP contribution is -2.03. The number of hydrogen-bond donors (Lipinski definition) is 2. The van der Waals surface area contributed by atoms with Gasteiger partial charge in [0.2, 0.25) is 0 Å². The average Bonchev–Trinajstić information content (AvgIpc) is 2.36. The fraction of sp³-hybridized carbons (Fsp3) is 0.143. The van der Waals surface area contributed by atoms with Crippen molar-refractivity contribution in [3.63, 3.8) is 0 Å². The molecule has 3 N–H and O–H groups in total. The van der Waals surface area contributed by atoms with Gasteiger partial charge in [0, 0.05) is 10.2 Å². The Labute approximate surface area is 114 Å². The summed E-state index contributed by atoms with van der Waals surface area (Å²) in [5.74, 6) is -0.260. The molecular formula is C14H14BrFN2. The largest absolute Gasteiger partial charge is 0.353 e. The molecular weight excluding hydrogens is 295 g/mol. The van der Waals surface area contributed by atoms with E-state index >= 15 is 0 Å². The van der Waals surface area contributed by atoms with Crippen molar-refractivity contribution in [2.75, 3.05) is 11.9 Å². The molecule has 0 spiro atoms. The average molecular weight is 309 g/mol. The van der Waals surface area contributed by atoms with Crippen LogP contribution in [0.25, 0.3) is 0 Å².